The van der Waals surface area contributed by atoms with E-state index in [4.69, 9.17) is 9.84 Å². The lowest BCUT2D eigenvalue weighted by atomic mass is 10.2. The van der Waals surface area contributed by atoms with Gasteiger partial charge in [-0.25, -0.2) is 9.18 Å². The van der Waals surface area contributed by atoms with Gasteiger partial charge < -0.3 is 15.2 Å². The third-order valence-electron chi connectivity index (χ3n) is 2.99. The Balaban J connectivity index is 2.23. The summed E-state index contributed by atoms with van der Waals surface area (Å²) in [4.78, 5) is 27.0. The van der Waals surface area contributed by atoms with E-state index in [0.29, 0.717) is 5.75 Å². The van der Waals surface area contributed by atoms with Gasteiger partial charge in [0.25, 0.3) is 5.91 Å². The molecule has 0 saturated heterocycles. The summed E-state index contributed by atoms with van der Waals surface area (Å²) >= 11 is 0. The standard InChI is InChI=1S/C15H14FN3O4/c1-17-14(20)12-8-10(5-6-18-12)23-9-3-4-13(11(16)7-9)19(2)15(21)22/h3-8H,1-2H3,(H,17,20)(H,21,22). The van der Waals surface area contributed by atoms with E-state index in [2.05, 4.69) is 10.3 Å². The molecule has 2 rings (SSSR count). The second-order valence-electron chi connectivity index (χ2n) is 4.51. The van der Waals surface area contributed by atoms with Crippen molar-refractivity contribution < 1.29 is 23.8 Å². The van der Waals surface area contributed by atoms with Crippen molar-refractivity contribution in [3.8, 4) is 11.5 Å². The molecule has 1 aromatic heterocycles. The molecule has 0 bridgehead atoms. The van der Waals surface area contributed by atoms with Crippen LogP contribution in [-0.2, 0) is 0 Å². The first-order valence-corrected chi connectivity index (χ1v) is 6.54. The highest BCUT2D eigenvalue weighted by atomic mass is 19.1. The van der Waals surface area contributed by atoms with Gasteiger partial charge in [-0.1, -0.05) is 0 Å². The Morgan fingerprint density at radius 2 is 1.96 bits per heavy atom. The number of ether oxygens (including phenoxy) is 1. The Morgan fingerprint density at radius 3 is 2.57 bits per heavy atom. The molecule has 0 aliphatic carbocycles. The molecule has 120 valence electrons. The lowest BCUT2D eigenvalue weighted by Crippen LogP contribution is -2.24. The summed E-state index contributed by atoms with van der Waals surface area (Å²) in [6.45, 7) is 0. The average Bonchev–Trinajstić information content (AvgIpc) is 2.53. The predicted octanol–water partition coefficient (Wildman–Crippen LogP) is 2.49. The largest absolute Gasteiger partial charge is 0.465 e. The summed E-state index contributed by atoms with van der Waals surface area (Å²) in [5.41, 5.74) is 0.0679. The molecule has 0 aliphatic heterocycles. The number of pyridine rings is 1. The van der Waals surface area contributed by atoms with Crippen molar-refractivity contribution in [1.29, 1.82) is 0 Å². The monoisotopic (exact) mass is 319 g/mol. The molecule has 7 nitrogen and oxygen atoms in total. The zero-order valence-electron chi connectivity index (χ0n) is 12.4. The summed E-state index contributed by atoms with van der Waals surface area (Å²) in [6, 6.07) is 6.71. The lowest BCUT2D eigenvalue weighted by molar-refractivity contribution is 0.0957. The third kappa shape index (κ3) is 3.73. The van der Waals surface area contributed by atoms with E-state index in [1.54, 1.807) is 0 Å². The highest BCUT2D eigenvalue weighted by molar-refractivity contribution is 5.92. The van der Waals surface area contributed by atoms with E-state index in [-0.39, 0.29) is 23.0 Å². The van der Waals surface area contributed by atoms with E-state index in [1.807, 2.05) is 0 Å². The van der Waals surface area contributed by atoms with Crippen LogP contribution in [0.5, 0.6) is 11.5 Å². The van der Waals surface area contributed by atoms with Crippen LogP contribution < -0.4 is 15.0 Å². The van der Waals surface area contributed by atoms with E-state index >= 15 is 0 Å². The molecule has 2 amide bonds. The Bertz CT molecular complexity index is 751. The van der Waals surface area contributed by atoms with Gasteiger partial charge in [-0.05, 0) is 18.2 Å². The molecule has 23 heavy (non-hydrogen) atoms. The van der Waals surface area contributed by atoms with Crippen molar-refractivity contribution >= 4 is 17.7 Å². The predicted molar refractivity (Wildman–Crippen MR) is 80.5 cm³/mol. The van der Waals surface area contributed by atoms with Crippen LogP contribution in [0.15, 0.2) is 36.5 Å². The number of hydrogen-bond donors (Lipinski definition) is 2. The Kier molecular flexibility index (Phi) is 4.75. The summed E-state index contributed by atoms with van der Waals surface area (Å²) in [5, 5.41) is 11.3. The van der Waals surface area contributed by atoms with Crippen LogP contribution in [0.2, 0.25) is 0 Å². The van der Waals surface area contributed by atoms with E-state index < -0.39 is 11.9 Å². The minimum absolute atomic E-state index is 0.0920. The van der Waals surface area contributed by atoms with Gasteiger partial charge in [0.15, 0.2) is 5.82 Å². The Hall–Kier alpha value is -3.16. The zero-order valence-corrected chi connectivity index (χ0v) is 12.4. The number of carbonyl (C=O) groups excluding carboxylic acids is 1. The molecule has 1 aromatic carbocycles. The maximum Gasteiger partial charge on any atom is 0.411 e. The normalized spacial score (nSPS) is 10.0. The molecule has 0 fully saturated rings. The first-order valence-electron chi connectivity index (χ1n) is 6.54. The number of amides is 2. The van der Waals surface area contributed by atoms with E-state index in [1.165, 1.54) is 44.6 Å². The van der Waals surface area contributed by atoms with Gasteiger partial charge in [-0.3, -0.25) is 14.7 Å². The van der Waals surface area contributed by atoms with Crippen molar-refractivity contribution in [2.45, 2.75) is 0 Å². The van der Waals surface area contributed by atoms with Crippen LogP contribution in [0.4, 0.5) is 14.9 Å². The van der Waals surface area contributed by atoms with Crippen molar-refractivity contribution in [1.82, 2.24) is 10.3 Å². The minimum atomic E-state index is -1.28. The number of hydrogen-bond acceptors (Lipinski definition) is 4. The topological polar surface area (TPSA) is 91.8 Å². The van der Waals surface area contributed by atoms with Gasteiger partial charge in [0, 0.05) is 32.4 Å². The second-order valence-corrected chi connectivity index (χ2v) is 4.51. The number of rotatable bonds is 4. The maximum absolute atomic E-state index is 14.0. The highest BCUT2D eigenvalue weighted by Crippen LogP contribution is 2.27. The van der Waals surface area contributed by atoms with E-state index in [0.717, 1.165) is 11.0 Å². The van der Waals surface area contributed by atoms with Gasteiger partial charge in [0.2, 0.25) is 0 Å². The molecule has 2 aromatic rings. The summed E-state index contributed by atoms with van der Waals surface area (Å²) in [6.07, 6.45) is 0.116. The summed E-state index contributed by atoms with van der Waals surface area (Å²) in [5.74, 6) is -0.649. The SMILES string of the molecule is CNC(=O)c1cc(Oc2ccc(N(C)C(=O)O)c(F)c2)ccn1. The fourth-order valence-electron chi connectivity index (χ4n) is 1.79. The zero-order chi connectivity index (χ0) is 17.0. The number of nitrogens with zero attached hydrogens (tertiary/aromatic N) is 2. The van der Waals surface area contributed by atoms with Gasteiger partial charge in [-0.2, -0.15) is 0 Å². The Labute approximate surface area is 131 Å². The van der Waals surface area contributed by atoms with Gasteiger partial charge in [0.1, 0.15) is 17.2 Å². The van der Waals surface area contributed by atoms with Crippen molar-refractivity contribution in [2.24, 2.45) is 0 Å². The van der Waals surface area contributed by atoms with E-state index in [9.17, 15) is 14.0 Å². The first kappa shape index (κ1) is 16.2. The molecule has 0 aliphatic rings. The molecule has 0 radical (unpaired) electrons. The fraction of sp³-hybridized carbons (Fsp3) is 0.133. The average molecular weight is 319 g/mol. The van der Waals surface area contributed by atoms with Crippen LogP contribution in [0.3, 0.4) is 0 Å². The van der Waals surface area contributed by atoms with Gasteiger partial charge in [-0.15, -0.1) is 0 Å². The molecule has 2 N–H and O–H groups in total. The smallest absolute Gasteiger partial charge is 0.411 e. The molecular weight excluding hydrogens is 305 g/mol. The molecule has 0 unspecified atom stereocenters. The number of anilines is 1. The lowest BCUT2D eigenvalue weighted by Gasteiger charge is -2.15. The third-order valence-corrected chi connectivity index (χ3v) is 2.99. The molecule has 1 heterocycles. The Morgan fingerprint density at radius 1 is 1.26 bits per heavy atom. The first-order chi connectivity index (χ1) is 10.9. The van der Waals surface area contributed by atoms with Crippen molar-refractivity contribution in [3.05, 3.63) is 48.0 Å². The number of nitrogens with one attached hydrogen (secondary N) is 1. The molecule has 0 saturated carbocycles. The fourth-order valence-corrected chi connectivity index (χ4v) is 1.79. The number of halogens is 1. The van der Waals surface area contributed by atoms with Crippen LogP contribution in [0.1, 0.15) is 10.5 Å². The van der Waals surface area contributed by atoms with Crippen molar-refractivity contribution in [2.75, 3.05) is 19.0 Å². The maximum atomic E-state index is 14.0. The van der Waals surface area contributed by atoms with Crippen LogP contribution in [0.25, 0.3) is 0 Å². The molecule has 0 atom stereocenters. The van der Waals surface area contributed by atoms with Crippen molar-refractivity contribution in [3.63, 3.8) is 0 Å². The minimum Gasteiger partial charge on any atom is -0.465 e. The molecule has 8 heteroatoms. The number of carbonyl (C=O) groups is 2. The van der Waals surface area contributed by atoms with Crippen LogP contribution in [0, 0.1) is 5.82 Å². The highest BCUT2D eigenvalue weighted by Gasteiger charge is 2.14. The van der Waals surface area contributed by atoms with Gasteiger partial charge in [0.05, 0.1) is 5.69 Å². The second kappa shape index (κ2) is 6.73. The summed E-state index contributed by atoms with van der Waals surface area (Å²) < 4.78 is 19.4. The number of carboxylic acid groups (broad SMARTS) is 1. The van der Waals surface area contributed by atoms with Crippen LogP contribution in [-0.4, -0.2) is 36.2 Å². The summed E-state index contributed by atoms with van der Waals surface area (Å²) in [7, 11) is 2.71. The molecular formula is C15H14FN3O4. The van der Waals surface area contributed by atoms with Gasteiger partial charge >= 0.3 is 6.09 Å². The number of benzene rings is 1. The quantitative estimate of drug-likeness (QED) is 0.903. The van der Waals surface area contributed by atoms with Crippen LogP contribution >= 0.6 is 0 Å². The molecule has 0 spiro atoms. The number of aromatic nitrogens is 1.